The Morgan fingerprint density at radius 1 is 1.25 bits per heavy atom. The molecule has 0 aliphatic carbocycles. The van der Waals surface area contributed by atoms with Gasteiger partial charge < -0.3 is 10.1 Å². The lowest BCUT2D eigenvalue weighted by Crippen LogP contribution is -2.12. The molecule has 1 amide bonds. The lowest BCUT2D eigenvalue weighted by atomic mass is 10.2. The SMILES string of the molecule is CCOc1cccc(C(=O)Nc2ccc(C)c(Cl)c2)c1. The first-order valence-corrected chi connectivity index (χ1v) is 6.78. The maximum absolute atomic E-state index is 12.2. The number of ether oxygens (including phenoxy) is 1. The summed E-state index contributed by atoms with van der Waals surface area (Å²) in [5.74, 6) is 0.494. The molecule has 0 spiro atoms. The van der Waals surface area contributed by atoms with Gasteiger partial charge in [-0.05, 0) is 49.7 Å². The van der Waals surface area contributed by atoms with Gasteiger partial charge >= 0.3 is 0 Å². The van der Waals surface area contributed by atoms with Crippen LogP contribution in [-0.4, -0.2) is 12.5 Å². The summed E-state index contributed by atoms with van der Waals surface area (Å²) in [5.41, 5.74) is 2.20. The van der Waals surface area contributed by atoms with Gasteiger partial charge in [-0.1, -0.05) is 23.7 Å². The van der Waals surface area contributed by atoms with E-state index >= 15 is 0 Å². The van der Waals surface area contributed by atoms with Crippen molar-refractivity contribution < 1.29 is 9.53 Å². The largest absolute Gasteiger partial charge is 0.494 e. The standard InChI is InChI=1S/C16H16ClNO2/c1-3-20-14-6-4-5-12(9-14)16(19)18-13-8-7-11(2)15(17)10-13/h4-10H,3H2,1-2H3,(H,18,19). The molecule has 1 N–H and O–H groups in total. The van der Waals surface area contributed by atoms with Gasteiger partial charge in [-0.3, -0.25) is 4.79 Å². The van der Waals surface area contributed by atoms with E-state index in [1.165, 1.54) is 0 Å². The second kappa shape index (κ2) is 6.44. The fourth-order valence-electron chi connectivity index (χ4n) is 1.77. The number of aryl methyl sites for hydroxylation is 1. The third kappa shape index (κ3) is 3.52. The highest BCUT2D eigenvalue weighted by molar-refractivity contribution is 6.31. The van der Waals surface area contributed by atoms with E-state index in [9.17, 15) is 4.79 Å². The number of rotatable bonds is 4. The first kappa shape index (κ1) is 14.4. The molecule has 0 fully saturated rings. The van der Waals surface area contributed by atoms with Crippen molar-refractivity contribution in [2.45, 2.75) is 13.8 Å². The van der Waals surface area contributed by atoms with Crippen LogP contribution in [0, 0.1) is 6.92 Å². The molecule has 2 aromatic carbocycles. The maximum Gasteiger partial charge on any atom is 0.255 e. The molecular formula is C16H16ClNO2. The lowest BCUT2D eigenvalue weighted by Gasteiger charge is -2.08. The number of carbonyl (C=O) groups excluding carboxylic acids is 1. The van der Waals surface area contributed by atoms with E-state index in [0.717, 1.165) is 5.56 Å². The van der Waals surface area contributed by atoms with E-state index in [4.69, 9.17) is 16.3 Å². The van der Waals surface area contributed by atoms with Crippen LogP contribution in [0.1, 0.15) is 22.8 Å². The second-order valence-corrected chi connectivity index (χ2v) is 4.79. The molecule has 0 bridgehead atoms. The summed E-state index contributed by atoms with van der Waals surface area (Å²) in [4.78, 5) is 12.2. The number of benzene rings is 2. The Kier molecular flexibility index (Phi) is 4.64. The minimum absolute atomic E-state index is 0.188. The monoisotopic (exact) mass is 289 g/mol. The first-order valence-electron chi connectivity index (χ1n) is 6.40. The van der Waals surface area contributed by atoms with Gasteiger partial charge in [0.15, 0.2) is 0 Å². The van der Waals surface area contributed by atoms with Gasteiger partial charge in [-0.25, -0.2) is 0 Å². The highest BCUT2D eigenvalue weighted by Gasteiger charge is 2.08. The molecule has 2 rings (SSSR count). The van der Waals surface area contributed by atoms with Crippen molar-refractivity contribution in [3.8, 4) is 5.75 Å². The van der Waals surface area contributed by atoms with E-state index < -0.39 is 0 Å². The Labute approximate surface area is 123 Å². The zero-order valence-corrected chi connectivity index (χ0v) is 12.2. The molecule has 0 aliphatic rings. The van der Waals surface area contributed by atoms with E-state index in [-0.39, 0.29) is 5.91 Å². The molecule has 4 heteroatoms. The van der Waals surface area contributed by atoms with Crippen molar-refractivity contribution >= 4 is 23.2 Å². The predicted octanol–water partition coefficient (Wildman–Crippen LogP) is 4.30. The predicted molar refractivity (Wildman–Crippen MR) is 81.8 cm³/mol. The highest BCUT2D eigenvalue weighted by atomic mass is 35.5. The maximum atomic E-state index is 12.2. The normalized spacial score (nSPS) is 10.2. The average Bonchev–Trinajstić information content (AvgIpc) is 2.43. The van der Waals surface area contributed by atoms with Crippen LogP contribution in [0.15, 0.2) is 42.5 Å². The molecule has 0 heterocycles. The molecule has 104 valence electrons. The fourth-order valence-corrected chi connectivity index (χ4v) is 1.95. The first-order chi connectivity index (χ1) is 9.60. The third-order valence-electron chi connectivity index (χ3n) is 2.84. The summed E-state index contributed by atoms with van der Waals surface area (Å²) in [5, 5.41) is 3.45. The van der Waals surface area contributed by atoms with Gasteiger partial charge in [-0.15, -0.1) is 0 Å². The fraction of sp³-hybridized carbons (Fsp3) is 0.188. The van der Waals surface area contributed by atoms with E-state index in [2.05, 4.69) is 5.32 Å². The summed E-state index contributed by atoms with van der Waals surface area (Å²) in [6.45, 7) is 4.39. The van der Waals surface area contributed by atoms with Crippen molar-refractivity contribution in [2.24, 2.45) is 0 Å². The molecule has 0 radical (unpaired) electrons. The number of hydrogen-bond donors (Lipinski definition) is 1. The number of hydrogen-bond acceptors (Lipinski definition) is 2. The second-order valence-electron chi connectivity index (χ2n) is 4.38. The average molecular weight is 290 g/mol. The number of halogens is 1. The summed E-state index contributed by atoms with van der Waals surface area (Å²) in [6, 6.07) is 12.5. The summed E-state index contributed by atoms with van der Waals surface area (Å²) in [7, 11) is 0. The van der Waals surface area contributed by atoms with E-state index in [0.29, 0.717) is 28.6 Å². The molecule has 0 aromatic heterocycles. The van der Waals surface area contributed by atoms with Gasteiger partial charge in [0.05, 0.1) is 6.61 Å². The van der Waals surface area contributed by atoms with Crippen molar-refractivity contribution in [1.29, 1.82) is 0 Å². The van der Waals surface area contributed by atoms with Crippen LogP contribution in [0.25, 0.3) is 0 Å². The van der Waals surface area contributed by atoms with Gasteiger partial charge in [0.2, 0.25) is 0 Å². The summed E-state index contributed by atoms with van der Waals surface area (Å²) < 4.78 is 5.38. The number of amides is 1. The van der Waals surface area contributed by atoms with Crippen LogP contribution in [0.5, 0.6) is 5.75 Å². The Balaban J connectivity index is 2.15. The van der Waals surface area contributed by atoms with Gasteiger partial charge in [0.1, 0.15) is 5.75 Å². The van der Waals surface area contributed by atoms with Gasteiger partial charge in [0, 0.05) is 16.3 Å². The number of anilines is 1. The smallest absolute Gasteiger partial charge is 0.255 e. The highest BCUT2D eigenvalue weighted by Crippen LogP contribution is 2.21. The van der Waals surface area contributed by atoms with Crippen molar-refractivity contribution in [2.75, 3.05) is 11.9 Å². The van der Waals surface area contributed by atoms with Crippen LogP contribution in [0.4, 0.5) is 5.69 Å². The molecule has 2 aromatic rings. The summed E-state index contributed by atoms with van der Waals surface area (Å²) in [6.07, 6.45) is 0. The molecular weight excluding hydrogens is 274 g/mol. The Bertz CT molecular complexity index is 626. The van der Waals surface area contributed by atoms with Gasteiger partial charge in [-0.2, -0.15) is 0 Å². The topological polar surface area (TPSA) is 38.3 Å². The minimum atomic E-state index is -0.188. The molecule has 0 atom stereocenters. The van der Waals surface area contributed by atoms with Crippen molar-refractivity contribution in [3.63, 3.8) is 0 Å². The molecule has 20 heavy (non-hydrogen) atoms. The zero-order chi connectivity index (χ0) is 14.5. The van der Waals surface area contributed by atoms with Crippen LogP contribution in [0.3, 0.4) is 0 Å². The molecule has 0 saturated heterocycles. The Hall–Kier alpha value is -2.00. The Morgan fingerprint density at radius 2 is 2.05 bits per heavy atom. The summed E-state index contributed by atoms with van der Waals surface area (Å²) >= 11 is 6.04. The van der Waals surface area contributed by atoms with Crippen LogP contribution >= 0.6 is 11.6 Å². The van der Waals surface area contributed by atoms with Crippen LogP contribution in [0.2, 0.25) is 5.02 Å². The van der Waals surface area contributed by atoms with Gasteiger partial charge in [0.25, 0.3) is 5.91 Å². The molecule has 3 nitrogen and oxygen atoms in total. The Morgan fingerprint density at radius 3 is 2.75 bits per heavy atom. The lowest BCUT2D eigenvalue weighted by molar-refractivity contribution is 0.102. The van der Waals surface area contributed by atoms with Crippen molar-refractivity contribution in [1.82, 2.24) is 0 Å². The van der Waals surface area contributed by atoms with E-state index in [1.54, 1.807) is 24.3 Å². The van der Waals surface area contributed by atoms with E-state index in [1.807, 2.05) is 32.0 Å². The minimum Gasteiger partial charge on any atom is -0.494 e. The van der Waals surface area contributed by atoms with Crippen LogP contribution < -0.4 is 10.1 Å². The third-order valence-corrected chi connectivity index (χ3v) is 3.24. The molecule has 0 aliphatic heterocycles. The van der Waals surface area contributed by atoms with Crippen LogP contribution in [-0.2, 0) is 0 Å². The van der Waals surface area contributed by atoms with Crippen molar-refractivity contribution in [3.05, 3.63) is 58.6 Å². The quantitative estimate of drug-likeness (QED) is 0.911. The molecule has 0 unspecified atom stereocenters. The number of carbonyl (C=O) groups is 1. The zero-order valence-electron chi connectivity index (χ0n) is 11.4. The number of nitrogens with one attached hydrogen (secondary N) is 1. The molecule has 0 saturated carbocycles.